The number of carbonyl (C=O) groups excluding carboxylic acids is 2. The minimum atomic E-state index is -0.597. The zero-order valence-electron chi connectivity index (χ0n) is 12.5. The molecule has 1 amide bonds. The van der Waals surface area contributed by atoms with Gasteiger partial charge in [-0.3, -0.25) is 14.2 Å². The summed E-state index contributed by atoms with van der Waals surface area (Å²) in [6, 6.07) is 0. The molecule has 8 nitrogen and oxygen atoms in total. The van der Waals surface area contributed by atoms with Crippen molar-refractivity contribution in [3.63, 3.8) is 0 Å². The topological polar surface area (TPSA) is 91.0 Å². The Kier molecular flexibility index (Phi) is 4.96. The molecule has 2 heterocycles. The van der Waals surface area contributed by atoms with E-state index >= 15 is 0 Å². The number of carbonyl (C=O) groups is 2. The lowest BCUT2D eigenvalue weighted by molar-refractivity contribution is -0.116. The molecule has 2 aromatic heterocycles. The van der Waals surface area contributed by atoms with Crippen LogP contribution in [0.15, 0.2) is 16.9 Å². The Morgan fingerprint density at radius 1 is 1.45 bits per heavy atom. The van der Waals surface area contributed by atoms with Crippen LogP contribution in [0.2, 0.25) is 0 Å². The van der Waals surface area contributed by atoms with Crippen molar-refractivity contribution in [1.82, 2.24) is 19.6 Å². The second kappa shape index (κ2) is 6.73. The van der Waals surface area contributed by atoms with Gasteiger partial charge in [-0.15, -0.1) is 0 Å². The van der Waals surface area contributed by atoms with Crippen LogP contribution in [-0.2, 0) is 22.6 Å². The number of amides is 1. The number of nitrogens with one attached hydrogen (secondary N) is 1. The third kappa shape index (κ3) is 3.35. The molecule has 0 spiro atoms. The molecule has 0 aliphatic carbocycles. The zero-order chi connectivity index (χ0) is 16.3. The van der Waals surface area contributed by atoms with Gasteiger partial charge >= 0.3 is 5.97 Å². The molecule has 0 bridgehead atoms. The molecule has 118 valence electrons. The Bertz CT molecular complexity index is 707. The lowest BCUT2D eigenvalue weighted by Gasteiger charge is -2.06. The molecule has 0 aromatic carbocycles. The standard InChI is InChI=1S/C13H16BrN5O3/c1-4-18-6-10(12(17-18)13(21)22-3)16-11(20)7-19-8(2)9(14)5-15-19/h5-6H,4,7H2,1-3H3,(H,16,20). The molecule has 22 heavy (non-hydrogen) atoms. The summed E-state index contributed by atoms with van der Waals surface area (Å²) in [6.45, 7) is 4.34. The van der Waals surface area contributed by atoms with Gasteiger partial charge in [-0.25, -0.2) is 4.79 Å². The first-order valence-electron chi connectivity index (χ1n) is 6.59. The Labute approximate surface area is 135 Å². The number of anilines is 1. The molecule has 2 aromatic rings. The number of esters is 1. The van der Waals surface area contributed by atoms with E-state index in [9.17, 15) is 9.59 Å². The van der Waals surface area contributed by atoms with Crippen LogP contribution in [0.4, 0.5) is 5.69 Å². The first kappa shape index (κ1) is 16.2. The summed E-state index contributed by atoms with van der Waals surface area (Å²) < 4.78 is 8.61. The average Bonchev–Trinajstić information content (AvgIpc) is 3.04. The molecule has 2 rings (SSSR count). The maximum atomic E-state index is 12.1. The summed E-state index contributed by atoms with van der Waals surface area (Å²) in [6.07, 6.45) is 3.22. The van der Waals surface area contributed by atoms with E-state index in [-0.39, 0.29) is 18.1 Å². The van der Waals surface area contributed by atoms with Crippen LogP contribution in [0, 0.1) is 6.92 Å². The van der Waals surface area contributed by atoms with Crippen molar-refractivity contribution in [2.75, 3.05) is 12.4 Å². The van der Waals surface area contributed by atoms with Crippen LogP contribution in [0.5, 0.6) is 0 Å². The van der Waals surface area contributed by atoms with Crippen molar-refractivity contribution >= 4 is 33.5 Å². The summed E-state index contributed by atoms with van der Waals surface area (Å²) >= 11 is 3.34. The minimum absolute atomic E-state index is 0.0371. The highest BCUT2D eigenvalue weighted by Gasteiger charge is 2.19. The van der Waals surface area contributed by atoms with E-state index in [0.717, 1.165) is 10.2 Å². The number of ether oxygens (including phenoxy) is 1. The molecule has 0 fully saturated rings. The van der Waals surface area contributed by atoms with E-state index in [1.54, 1.807) is 21.8 Å². The zero-order valence-corrected chi connectivity index (χ0v) is 14.0. The number of hydrogen-bond acceptors (Lipinski definition) is 5. The molecule has 0 aliphatic heterocycles. The van der Waals surface area contributed by atoms with E-state index in [1.807, 2.05) is 13.8 Å². The largest absolute Gasteiger partial charge is 0.464 e. The summed E-state index contributed by atoms with van der Waals surface area (Å²) in [5.41, 5.74) is 1.24. The highest BCUT2D eigenvalue weighted by molar-refractivity contribution is 9.10. The summed E-state index contributed by atoms with van der Waals surface area (Å²) in [7, 11) is 1.27. The maximum Gasteiger partial charge on any atom is 0.360 e. The quantitative estimate of drug-likeness (QED) is 0.808. The maximum absolute atomic E-state index is 12.1. The number of halogens is 1. The van der Waals surface area contributed by atoms with Crippen molar-refractivity contribution in [2.24, 2.45) is 0 Å². The predicted octanol–water partition coefficient (Wildman–Crippen LogP) is 1.60. The fraction of sp³-hybridized carbons (Fsp3) is 0.385. The summed E-state index contributed by atoms with van der Waals surface area (Å²) in [5.74, 6) is -0.903. The number of methoxy groups -OCH3 is 1. The third-order valence-electron chi connectivity index (χ3n) is 3.08. The van der Waals surface area contributed by atoms with E-state index < -0.39 is 5.97 Å². The van der Waals surface area contributed by atoms with Crippen LogP contribution in [0.1, 0.15) is 23.1 Å². The highest BCUT2D eigenvalue weighted by atomic mass is 79.9. The van der Waals surface area contributed by atoms with Crippen molar-refractivity contribution in [2.45, 2.75) is 26.9 Å². The Balaban J connectivity index is 2.15. The van der Waals surface area contributed by atoms with Gasteiger partial charge < -0.3 is 10.1 Å². The van der Waals surface area contributed by atoms with Crippen molar-refractivity contribution in [3.05, 3.63) is 28.3 Å². The van der Waals surface area contributed by atoms with Crippen LogP contribution in [0.3, 0.4) is 0 Å². The van der Waals surface area contributed by atoms with Crippen molar-refractivity contribution in [3.8, 4) is 0 Å². The van der Waals surface area contributed by atoms with Gasteiger partial charge in [0.05, 0.1) is 29.2 Å². The van der Waals surface area contributed by atoms with Crippen molar-refractivity contribution in [1.29, 1.82) is 0 Å². The molecule has 0 radical (unpaired) electrons. The normalized spacial score (nSPS) is 10.5. The van der Waals surface area contributed by atoms with Gasteiger partial charge in [-0.2, -0.15) is 10.2 Å². The highest BCUT2D eigenvalue weighted by Crippen LogP contribution is 2.17. The number of nitrogens with zero attached hydrogens (tertiary/aromatic N) is 4. The lowest BCUT2D eigenvalue weighted by Crippen LogP contribution is -2.21. The van der Waals surface area contributed by atoms with Gasteiger partial charge in [0, 0.05) is 12.7 Å². The SMILES string of the molecule is CCn1cc(NC(=O)Cn2ncc(Br)c2C)c(C(=O)OC)n1. The third-order valence-corrected chi connectivity index (χ3v) is 3.85. The van der Waals surface area contributed by atoms with Gasteiger partial charge in [0.15, 0.2) is 5.69 Å². The van der Waals surface area contributed by atoms with Gasteiger partial charge in [0.25, 0.3) is 0 Å². The van der Waals surface area contributed by atoms with Crippen LogP contribution in [-0.4, -0.2) is 38.5 Å². The number of aromatic nitrogens is 4. The predicted molar refractivity (Wildman–Crippen MR) is 82.5 cm³/mol. The average molecular weight is 370 g/mol. The smallest absolute Gasteiger partial charge is 0.360 e. The monoisotopic (exact) mass is 369 g/mol. The number of rotatable bonds is 5. The molecule has 0 saturated heterocycles. The molecular formula is C13H16BrN5O3. The minimum Gasteiger partial charge on any atom is -0.464 e. The van der Waals surface area contributed by atoms with E-state index in [2.05, 4.69) is 36.2 Å². The molecule has 0 aliphatic rings. The Morgan fingerprint density at radius 3 is 2.73 bits per heavy atom. The van der Waals surface area contributed by atoms with Gasteiger partial charge in [-0.05, 0) is 29.8 Å². The van der Waals surface area contributed by atoms with Crippen molar-refractivity contribution < 1.29 is 14.3 Å². The van der Waals surface area contributed by atoms with Gasteiger partial charge in [0.1, 0.15) is 6.54 Å². The Morgan fingerprint density at radius 2 is 2.18 bits per heavy atom. The van der Waals surface area contributed by atoms with Gasteiger partial charge in [-0.1, -0.05) is 0 Å². The second-order valence-electron chi connectivity index (χ2n) is 4.52. The first-order chi connectivity index (χ1) is 10.5. The fourth-order valence-electron chi connectivity index (χ4n) is 1.83. The van der Waals surface area contributed by atoms with E-state index in [0.29, 0.717) is 12.2 Å². The van der Waals surface area contributed by atoms with E-state index in [1.165, 1.54) is 7.11 Å². The van der Waals surface area contributed by atoms with Crippen LogP contribution in [0.25, 0.3) is 0 Å². The summed E-state index contributed by atoms with van der Waals surface area (Å²) in [5, 5.41) is 10.8. The number of aryl methyl sites for hydroxylation is 1. The van der Waals surface area contributed by atoms with Crippen LogP contribution >= 0.6 is 15.9 Å². The molecule has 0 unspecified atom stereocenters. The first-order valence-corrected chi connectivity index (χ1v) is 7.39. The molecular weight excluding hydrogens is 354 g/mol. The molecule has 1 N–H and O–H groups in total. The summed E-state index contributed by atoms with van der Waals surface area (Å²) in [4.78, 5) is 23.8. The fourth-order valence-corrected chi connectivity index (χ4v) is 2.13. The second-order valence-corrected chi connectivity index (χ2v) is 5.38. The molecule has 9 heteroatoms. The van der Waals surface area contributed by atoms with Gasteiger partial charge in [0.2, 0.25) is 5.91 Å². The Hall–Kier alpha value is -2.16. The van der Waals surface area contributed by atoms with E-state index in [4.69, 9.17) is 0 Å². The number of hydrogen-bond donors (Lipinski definition) is 1. The molecule has 0 saturated carbocycles. The lowest BCUT2D eigenvalue weighted by atomic mass is 10.3. The van der Waals surface area contributed by atoms with Crippen LogP contribution < -0.4 is 5.32 Å². The molecule has 0 atom stereocenters.